The maximum absolute atomic E-state index is 11.8. The van der Waals surface area contributed by atoms with Crippen LogP contribution in [-0.4, -0.2) is 22.8 Å². The molecule has 0 radical (unpaired) electrons. The molecular weight excluding hydrogens is 228 g/mol. The van der Waals surface area contributed by atoms with E-state index in [1.165, 1.54) is 11.3 Å². The maximum Gasteiger partial charge on any atom is 0.264 e. The van der Waals surface area contributed by atoms with Crippen LogP contribution in [0.3, 0.4) is 0 Å². The van der Waals surface area contributed by atoms with E-state index in [0.29, 0.717) is 6.54 Å². The molecular formula is C10H10N2OS2. The fourth-order valence-electron chi connectivity index (χ4n) is 1.22. The third kappa shape index (κ3) is 2.43. The van der Waals surface area contributed by atoms with Gasteiger partial charge in [0.2, 0.25) is 0 Å². The number of thiazole rings is 1. The van der Waals surface area contributed by atoms with E-state index in [0.717, 1.165) is 10.6 Å². The van der Waals surface area contributed by atoms with Crippen LogP contribution in [0.5, 0.6) is 0 Å². The van der Waals surface area contributed by atoms with Crippen molar-refractivity contribution in [2.75, 3.05) is 7.05 Å². The molecule has 0 N–H and O–H groups in total. The lowest BCUT2D eigenvalue weighted by Gasteiger charge is -2.14. The summed E-state index contributed by atoms with van der Waals surface area (Å²) < 4.78 is 0. The van der Waals surface area contributed by atoms with E-state index >= 15 is 0 Å². The SMILES string of the molecule is CN(Cc1cscn1)C(=O)c1cccs1. The van der Waals surface area contributed by atoms with E-state index < -0.39 is 0 Å². The molecule has 0 aromatic carbocycles. The van der Waals surface area contributed by atoms with Gasteiger partial charge in [0.1, 0.15) is 0 Å². The summed E-state index contributed by atoms with van der Waals surface area (Å²) in [7, 11) is 1.79. The molecule has 78 valence electrons. The third-order valence-electron chi connectivity index (χ3n) is 1.96. The van der Waals surface area contributed by atoms with Crippen molar-refractivity contribution in [3.05, 3.63) is 39.0 Å². The predicted octanol–water partition coefficient (Wildman–Crippen LogP) is 2.48. The molecule has 0 saturated carbocycles. The highest BCUT2D eigenvalue weighted by Crippen LogP contribution is 2.13. The number of carbonyl (C=O) groups excluding carboxylic acids is 1. The minimum Gasteiger partial charge on any atom is -0.335 e. The standard InChI is InChI=1S/C10H10N2OS2/c1-12(5-8-6-14-7-11-8)10(13)9-3-2-4-15-9/h2-4,6-7H,5H2,1H3. The summed E-state index contributed by atoms with van der Waals surface area (Å²) in [6.07, 6.45) is 0. The molecule has 3 nitrogen and oxygen atoms in total. The first-order valence-electron chi connectivity index (χ1n) is 4.43. The second-order valence-corrected chi connectivity index (χ2v) is 4.78. The topological polar surface area (TPSA) is 33.2 Å². The zero-order valence-corrected chi connectivity index (χ0v) is 9.85. The van der Waals surface area contributed by atoms with Crippen LogP contribution in [0.15, 0.2) is 28.4 Å². The Morgan fingerprint density at radius 2 is 2.47 bits per heavy atom. The Morgan fingerprint density at radius 1 is 1.60 bits per heavy atom. The lowest BCUT2D eigenvalue weighted by Crippen LogP contribution is -2.25. The van der Waals surface area contributed by atoms with Gasteiger partial charge in [0.25, 0.3) is 5.91 Å². The zero-order chi connectivity index (χ0) is 10.7. The van der Waals surface area contributed by atoms with Gasteiger partial charge in [-0.3, -0.25) is 4.79 Å². The molecule has 1 amide bonds. The van der Waals surface area contributed by atoms with Crippen molar-refractivity contribution >= 4 is 28.6 Å². The first kappa shape index (κ1) is 10.3. The number of carbonyl (C=O) groups is 1. The highest BCUT2D eigenvalue weighted by Gasteiger charge is 2.13. The summed E-state index contributed by atoms with van der Waals surface area (Å²) in [5.41, 5.74) is 2.71. The normalized spacial score (nSPS) is 10.2. The number of hydrogen-bond donors (Lipinski definition) is 0. The fourth-order valence-corrected chi connectivity index (χ4v) is 2.49. The molecule has 0 aliphatic heterocycles. The average molecular weight is 238 g/mol. The van der Waals surface area contributed by atoms with Crippen molar-refractivity contribution < 1.29 is 4.79 Å². The van der Waals surface area contributed by atoms with Crippen molar-refractivity contribution in [2.45, 2.75) is 6.54 Å². The molecule has 2 heterocycles. The third-order valence-corrected chi connectivity index (χ3v) is 3.45. The molecule has 0 fully saturated rings. The summed E-state index contributed by atoms with van der Waals surface area (Å²) in [6.45, 7) is 0.570. The van der Waals surface area contributed by atoms with Crippen LogP contribution in [0.4, 0.5) is 0 Å². The van der Waals surface area contributed by atoms with E-state index in [-0.39, 0.29) is 5.91 Å². The lowest BCUT2D eigenvalue weighted by molar-refractivity contribution is 0.0788. The highest BCUT2D eigenvalue weighted by molar-refractivity contribution is 7.12. The molecule has 0 bridgehead atoms. The zero-order valence-electron chi connectivity index (χ0n) is 8.21. The minimum absolute atomic E-state index is 0.0537. The fraction of sp³-hybridized carbons (Fsp3) is 0.200. The molecule has 0 spiro atoms. The molecule has 5 heteroatoms. The Balaban J connectivity index is 2.03. The van der Waals surface area contributed by atoms with E-state index in [1.54, 1.807) is 28.8 Å². The molecule has 0 saturated heterocycles. The van der Waals surface area contributed by atoms with Crippen molar-refractivity contribution in [2.24, 2.45) is 0 Å². The number of nitrogens with zero attached hydrogens (tertiary/aromatic N) is 2. The van der Waals surface area contributed by atoms with Gasteiger partial charge in [-0.15, -0.1) is 22.7 Å². The quantitative estimate of drug-likeness (QED) is 0.823. The maximum atomic E-state index is 11.8. The van der Waals surface area contributed by atoms with Gasteiger partial charge in [-0.05, 0) is 11.4 Å². The van der Waals surface area contributed by atoms with Gasteiger partial charge in [-0.25, -0.2) is 4.98 Å². The number of aromatic nitrogens is 1. The summed E-state index contributed by atoms with van der Waals surface area (Å²) in [6, 6.07) is 3.72. The highest BCUT2D eigenvalue weighted by atomic mass is 32.1. The van der Waals surface area contributed by atoms with E-state index in [2.05, 4.69) is 4.98 Å². The van der Waals surface area contributed by atoms with Crippen molar-refractivity contribution in [1.29, 1.82) is 0 Å². The van der Waals surface area contributed by atoms with Gasteiger partial charge in [0.15, 0.2) is 0 Å². The molecule has 2 rings (SSSR count). The summed E-state index contributed by atoms with van der Waals surface area (Å²) in [4.78, 5) is 18.4. The van der Waals surface area contributed by atoms with Gasteiger partial charge >= 0.3 is 0 Å². The molecule has 2 aromatic rings. The van der Waals surface area contributed by atoms with Gasteiger partial charge in [0, 0.05) is 12.4 Å². The molecule has 0 unspecified atom stereocenters. The van der Waals surface area contributed by atoms with Gasteiger partial charge < -0.3 is 4.90 Å². The van der Waals surface area contributed by atoms with Crippen LogP contribution >= 0.6 is 22.7 Å². The van der Waals surface area contributed by atoms with Crippen molar-refractivity contribution in [1.82, 2.24) is 9.88 Å². The van der Waals surface area contributed by atoms with E-state index in [9.17, 15) is 4.79 Å². The van der Waals surface area contributed by atoms with Gasteiger partial charge in [0.05, 0.1) is 22.6 Å². The monoisotopic (exact) mass is 238 g/mol. The second kappa shape index (κ2) is 4.55. The Labute approximate surface area is 96.0 Å². The summed E-state index contributed by atoms with van der Waals surface area (Å²) in [5, 5.41) is 3.86. The number of thiophene rings is 1. The van der Waals surface area contributed by atoms with Crippen molar-refractivity contribution in [3.63, 3.8) is 0 Å². The summed E-state index contributed by atoms with van der Waals surface area (Å²) >= 11 is 3.01. The Bertz CT molecular complexity index is 422. The molecule has 0 aliphatic rings. The van der Waals surface area contributed by atoms with Crippen molar-refractivity contribution in [3.8, 4) is 0 Å². The average Bonchev–Trinajstić information content (AvgIpc) is 2.88. The Hall–Kier alpha value is -1.20. The number of amides is 1. The van der Waals surface area contributed by atoms with Crippen LogP contribution < -0.4 is 0 Å². The van der Waals surface area contributed by atoms with Crippen LogP contribution in [0.25, 0.3) is 0 Å². The minimum atomic E-state index is 0.0537. The van der Waals surface area contributed by atoms with Crippen LogP contribution in [0.1, 0.15) is 15.4 Å². The van der Waals surface area contributed by atoms with E-state index in [1.807, 2.05) is 22.9 Å². The Morgan fingerprint density at radius 3 is 3.07 bits per heavy atom. The second-order valence-electron chi connectivity index (χ2n) is 3.12. The predicted molar refractivity (Wildman–Crippen MR) is 62.2 cm³/mol. The van der Waals surface area contributed by atoms with Gasteiger partial charge in [-0.1, -0.05) is 6.07 Å². The van der Waals surface area contributed by atoms with Crippen LogP contribution in [0, 0.1) is 0 Å². The molecule has 2 aromatic heterocycles. The largest absolute Gasteiger partial charge is 0.335 e. The first-order chi connectivity index (χ1) is 7.27. The van der Waals surface area contributed by atoms with E-state index in [4.69, 9.17) is 0 Å². The van der Waals surface area contributed by atoms with Crippen LogP contribution in [0.2, 0.25) is 0 Å². The lowest BCUT2D eigenvalue weighted by atomic mass is 10.4. The molecule has 0 atom stereocenters. The molecule has 0 aliphatic carbocycles. The summed E-state index contributed by atoms with van der Waals surface area (Å²) in [5.74, 6) is 0.0537. The molecule has 15 heavy (non-hydrogen) atoms. The number of hydrogen-bond acceptors (Lipinski definition) is 4. The smallest absolute Gasteiger partial charge is 0.264 e. The Kier molecular flexibility index (Phi) is 3.13. The van der Waals surface area contributed by atoms with Crippen LogP contribution in [-0.2, 0) is 6.54 Å². The first-order valence-corrected chi connectivity index (χ1v) is 6.25. The van der Waals surface area contributed by atoms with Gasteiger partial charge in [-0.2, -0.15) is 0 Å². The number of rotatable bonds is 3.